The first-order valence-electron chi connectivity index (χ1n) is 6.69. The van der Waals surface area contributed by atoms with Crippen molar-refractivity contribution in [3.05, 3.63) is 0 Å². The minimum absolute atomic E-state index is 0.126. The summed E-state index contributed by atoms with van der Waals surface area (Å²) < 4.78 is 25.9. The molecule has 0 aromatic rings. The van der Waals surface area contributed by atoms with Gasteiger partial charge >= 0.3 is 0 Å². The summed E-state index contributed by atoms with van der Waals surface area (Å²) >= 11 is 0. The lowest BCUT2D eigenvalue weighted by molar-refractivity contribution is -0.129. The third kappa shape index (κ3) is 4.52. The maximum atomic E-state index is 12.9. The minimum Gasteiger partial charge on any atom is -0.391 e. The van der Waals surface area contributed by atoms with Gasteiger partial charge in [0.05, 0.1) is 6.10 Å². The van der Waals surface area contributed by atoms with Gasteiger partial charge in [0.25, 0.3) is 0 Å². The van der Waals surface area contributed by atoms with Crippen molar-refractivity contribution in [3.8, 4) is 0 Å². The van der Waals surface area contributed by atoms with E-state index in [1.165, 1.54) is 0 Å². The highest BCUT2D eigenvalue weighted by Crippen LogP contribution is 2.36. The first-order chi connectivity index (χ1) is 8.35. The molecule has 0 bridgehead atoms. The SMILES string of the molecule is CCC(C)C(O)CNC(=O)C1CCC(F)(F)CC1. The molecule has 1 amide bonds. The predicted molar refractivity (Wildman–Crippen MR) is 65.4 cm³/mol. The highest BCUT2D eigenvalue weighted by atomic mass is 19.3. The Kier molecular flexibility index (Phi) is 5.50. The number of aliphatic hydroxyl groups is 1. The number of alkyl halides is 2. The van der Waals surface area contributed by atoms with E-state index in [2.05, 4.69) is 5.32 Å². The van der Waals surface area contributed by atoms with Gasteiger partial charge in [-0.1, -0.05) is 20.3 Å². The average Bonchev–Trinajstić information content (AvgIpc) is 2.34. The molecule has 0 radical (unpaired) electrons. The number of carbonyl (C=O) groups excluding carboxylic acids is 1. The topological polar surface area (TPSA) is 49.3 Å². The number of aliphatic hydroxyl groups excluding tert-OH is 1. The fourth-order valence-electron chi connectivity index (χ4n) is 2.13. The third-order valence-corrected chi connectivity index (χ3v) is 3.87. The minimum atomic E-state index is -2.60. The lowest BCUT2D eigenvalue weighted by atomic mass is 9.86. The Morgan fingerprint density at radius 2 is 2.00 bits per heavy atom. The van der Waals surface area contributed by atoms with Crippen LogP contribution >= 0.6 is 0 Å². The number of halogens is 2. The molecule has 3 nitrogen and oxygen atoms in total. The van der Waals surface area contributed by atoms with E-state index in [9.17, 15) is 18.7 Å². The Morgan fingerprint density at radius 3 is 2.50 bits per heavy atom. The van der Waals surface area contributed by atoms with Crippen molar-refractivity contribution >= 4 is 5.91 Å². The van der Waals surface area contributed by atoms with E-state index in [1.54, 1.807) is 0 Å². The van der Waals surface area contributed by atoms with Gasteiger partial charge in [0.1, 0.15) is 0 Å². The Labute approximate surface area is 107 Å². The van der Waals surface area contributed by atoms with Gasteiger partial charge in [0.2, 0.25) is 11.8 Å². The van der Waals surface area contributed by atoms with Crippen LogP contribution in [0.3, 0.4) is 0 Å². The molecule has 1 aliphatic carbocycles. The van der Waals surface area contributed by atoms with Crippen LogP contribution in [-0.2, 0) is 4.79 Å². The number of hydrogen-bond donors (Lipinski definition) is 2. The first kappa shape index (κ1) is 15.3. The van der Waals surface area contributed by atoms with Crippen molar-refractivity contribution in [2.45, 2.75) is 58.0 Å². The smallest absolute Gasteiger partial charge is 0.248 e. The second-order valence-corrected chi connectivity index (χ2v) is 5.33. The van der Waals surface area contributed by atoms with Crippen LogP contribution in [0.1, 0.15) is 46.0 Å². The second kappa shape index (κ2) is 6.45. The molecule has 2 atom stereocenters. The largest absolute Gasteiger partial charge is 0.391 e. The van der Waals surface area contributed by atoms with E-state index in [-0.39, 0.29) is 50.0 Å². The molecule has 1 rings (SSSR count). The van der Waals surface area contributed by atoms with E-state index >= 15 is 0 Å². The van der Waals surface area contributed by atoms with Crippen LogP contribution in [0, 0.1) is 11.8 Å². The molecule has 2 N–H and O–H groups in total. The van der Waals surface area contributed by atoms with Crippen molar-refractivity contribution in [1.29, 1.82) is 0 Å². The van der Waals surface area contributed by atoms with Crippen molar-refractivity contribution in [2.24, 2.45) is 11.8 Å². The standard InChI is InChI=1S/C13H23F2NO2/c1-3-9(2)11(17)8-16-12(18)10-4-6-13(14,15)7-5-10/h9-11,17H,3-8H2,1-2H3,(H,16,18). The van der Waals surface area contributed by atoms with Crippen LogP contribution in [-0.4, -0.2) is 29.6 Å². The zero-order chi connectivity index (χ0) is 13.8. The van der Waals surface area contributed by atoms with Crippen molar-refractivity contribution < 1.29 is 18.7 Å². The molecule has 0 aromatic heterocycles. The Balaban J connectivity index is 2.30. The van der Waals surface area contributed by atoms with E-state index in [0.717, 1.165) is 6.42 Å². The molecular weight excluding hydrogens is 240 g/mol. The molecule has 1 aliphatic rings. The summed E-state index contributed by atoms with van der Waals surface area (Å²) in [5.41, 5.74) is 0. The van der Waals surface area contributed by atoms with Gasteiger partial charge in [0, 0.05) is 25.3 Å². The van der Waals surface area contributed by atoms with E-state index < -0.39 is 12.0 Å². The quantitative estimate of drug-likeness (QED) is 0.800. The van der Waals surface area contributed by atoms with Crippen LogP contribution < -0.4 is 5.32 Å². The summed E-state index contributed by atoms with van der Waals surface area (Å²) in [6, 6.07) is 0. The molecule has 0 saturated heterocycles. The predicted octanol–water partition coefficient (Wildman–Crippen LogP) is 2.34. The summed E-state index contributed by atoms with van der Waals surface area (Å²) in [6.07, 6.45) is 0.324. The molecule has 1 fully saturated rings. The molecular formula is C13H23F2NO2. The molecule has 0 spiro atoms. The summed E-state index contributed by atoms with van der Waals surface area (Å²) in [7, 11) is 0. The lowest BCUT2D eigenvalue weighted by Crippen LogP contribution is -2.40. The van der Waals surface area contributed by atoms with Gasteiger partial charge in [-0.3, -0.25) is 4.79 Å². The van der Waals surface area contributed by atoms with Crippen LogP contribution in [0.2, 0.25) is 0 Å². The molecule has 1 saturated carbocycles. The lowest BCUT2D eigenvalue weighted by Gasteiger charge is -2.28. The van der Waals surface area contributed by atoms with Gasteiger partial charge in [-0.2, -0.15) is 0 Å². The molecule has 2 unspecified atom stereocenters. The number of hydrogen-bond acceptors (Lipinski definition) is 2. The molecule has 106 valence electrons. The average molecular weight is 263 g/mol. The summed E-state index contributed by atoms with van der Waals surface area (Å²) in [6.45, 7) is 4.09. The third-order valence-electron chi connectivity index (χ3n) is 3.87. The monoisotopic (exact) mass is 263 g/mol. The fraction of sp³-hybridized carbons (Fsp3) is 0.923. The Hall–Kier alpha value is -0.710. The molecule has 0 aromatic carbocycles. The normalized spacial score (nSPS) is 23.4. The molecule has 18 heavy (non-hydrogen) atoms. The van der Waals surface area contributed by atoms with Crippen LogP contribution in [0.4, 0.5) is 8.78 Å². The van der Waals surface area contributed by atoms with Gasteiger partial charge in [-0.25, -0.2) is 8.78 Å². The van der Waals surface area contributed by atoms with E-state index in [0.29, 0.717) is 0 Å². The second-order valence-electron chi connectivity index (χ2n) is 5.33. The van der Waals surface area contributed by atoms with E-state index in [1.807, 2.05) is 13.8 Å². The Morgan fingerprint density at radius 1 is 1.44 bits per heavy atom. The van der Waals surface area contributed by atoms with Crippen LogP contribution in [0.15, 0.2) is 0 Å². The van der Waals surface area contributed by atoms with Gasteiger partial charge in [-0.05, 0) is 18.8 Å². The van der Waals surface area contributed by atoms with E-state index in [4.69, 9.17) is 0 Å². The van der Waals surface area contributed by atoms with Crippen molar-refractivity contribution in [2.75, 3.05) is 6.54 Å². The van der Waals surface area contributed by atoms with Crippen LogP contribution in [0.5, 0.6) is 0 Å². The zero-order valence-electron chi connectivity index (χ0n) is 11.1. The van der Waals surface area contributed by atoms with Crippen molar-refractivity contribution in [3.63, 3.8) is 0 Å². The molecule has 0 aliphatic heterocycles. The van der Waals surface area contributed by atoms with Gasteiger partial charge in [0.15, 0.2) is 0 Å². The molecule has 5 heteroatoms. The van der Waals surface area contributed by atoms with Gasteiger partial charge in [-0.15, -0.1) is 0 Å². The Bertz CT molecular complexity index is 274. The summed E-state index contributed by atoms with van der Waals surface area (Å²) in [5.74, 6) is -3.00. The highest BCUT2D eigenvalue weighted by Gasteiger charge is 2.37. The zero-order valence-corrected chi connectivity index (χ0v) is 11.1. The van der Waals surface area contributed by atoms with Gasteiger partial charge < -0.3 is 10.4 Å². The number of carbonyl (C=O) groups is 1. The number of rotatable bonds is 5. The maximum absolute atomic E-state index is 12.9. The summed E-state index contributed by atoms with van der Waals surface area (Å²) in [4.78, 5) is 11.8. The fourth-order valence-corrected chi connectivity index (χ4v) is 2.13. The highest BCUT2D eigenvalue weighted by molar-refractivity contribution is 5.78. The number of nitrogens with one attached hydrogen (secondary N) is 1. The summed E-state index contributed by atoms with van der Waals surface area (Å²) in [5, 5.41) is 12.4. The first-order valence-corrected chi connectivity index (χ1v) is 6.69. The maximum Gasteiger partial charge on any atom is 0.248 e. The molecule has 0 heterocycles. The van der Waals surface area contributed by atoms with Crippen molar-refractivity contribution in [1.82, 2.24) is 5.32 Å². The van der Waals surface area contributed by atoms with Crippen LogP contribution in [0.25, 0.3) is 0 Å². The number of amides is 1.